The van der Waals surface area contributed by atoms with Crippen molar-refractivity contribution in [1.82, 2.24) is 4.31 Å². The summed E-state index contributed by atoms with van der Waals surface area (Å²) in [5.74, 6) is 0.215. The molecule has 0 spiro atoms. The summed E-state index contributed by atoms with van der Waals surface area (Å²) in [4.78, 5) is 9.82. The number of nitro groups is 1. The van der Waals surface area contributed by atoms with Gasteiger partial charge in [-0.3, -0.25) is 10.1 Å². The van der Waals surface area contributed by atoms with Crippen LogP contribution in [0.5, 0.6) is 5.75 Å². The maximum absolute atomic E-state index is 12.2. The highest BCUT2D eigenvalue weighted by Crippen LogP contribution is 2.29. The molecular weight excluding hydrogens is 274 g/mol. The van der Waals surface area contributed by atoms with Crippen LogP contribution in [0.3, 0.4) is 0 Å². The molecule has 0 atom stereocenters. The molecule has 0 bridgehead atoms. The molecule has 0 aliphatic heterocycles. The summed E-state index contributed by atoms with van der Waals surface area (Å²) >= 11 is 0. The van der Waals surface area contributed by atoms with E-state index in [1.165, 1.54) is 20.2 Å². The van der Waals surface area contributed by atoms with Gasteiger partial charge in [0.15, 0.2) is 4.90 Å². The third-order valence-electron chi connectivity index (χ3n) is 2.50. The molecule has 2 N–H and O–H groups in total. The average molecular weight is 289 g/mol. The Hall–Kier alpha value is -1.71. The molecule has 106 valence electrons. The summed E-state index contributed by atoms with van der Waals surface area (Å²) in [5, 5.41) is 11.0. The van der Waals surface area contributed by atoms with E-state index in [0.29, 0.717) is 0 Å². The molecule has 0 saturated carbocycles. The van der Waals surface area contributed by atoms with Crippen LogP contribution in [-0.2, 0) is 10.0 Å². The van der Waals surface area contributed by atoms with E-state index < -0.39 is 20.6 Å². The second-order valence-corrected chi connectivity index (χ2v) is 5.72. The van der Waals surface area contributed by atoms with Crippen molar-refractivity contribution < 1.29 is 18.1 Å². The molecular formula is C10H15N3O5S. The zero-order valence-electron chi connectivity index (χ0n) is 10.6. The van der Waals surface area contributed by atoms with E-state index in [9.17, 15) is 18.5 Å². The lowest BCUT2D eigenvalue weighted by Gasteiger charge is -2.16. The monoisotopic (exact) mass is 289 g/mol. The highest BCUT2D eigenvalue weighted by atomic mass is 32.2. The Morgan fingerprint density at radius 1 is 1.47 bits per heavy atom. The minimum atomic E-state index is -3.95. The molecule has 0 unspecified atom stereocenters. The van der Waals surface area contributed by atoms with Gasteiger partial charge in [0.2, 0.25) is 10.0 Å². The van der Waals surface area contributed by atoms with Crippen molar-refractivity contribution in [2.45, 2.75) is 4.90 Å². The number of methoxy groups -OCH3 is 1. The van der Waals surface area contributed by atoms with E-state index in [-0.39, 0.29) is 23.7 Å². The fourth-order valence-electron chi connectivity index (χ4n) is 1.45. The zero-order chi connectivity index (χ0) is 14.6. The standard InChI is InChI=1S/C10H15N3O5S/c1-12(6-5-11)19(16,17)10-4-3-8(18-2)7-9(10)13(14)15/h3-4,7H,5-6,11H2,1-2H3. The van der Waals surface area contributed by atoms with Crippen LogP contribution in [0.15, 0.2) is 23.1 Å². The molecule has 19 heavy (non-hydrogen) atoms. The second-order valence-electron chi connectivity index (χ2n) is 3.71. The molecule has 0 radical (unpaired) electrons. The first-order valence-electron chi connectivity index (χ1n) is 5.33. The molecule has 0 fully saturated rings. The SMILES string of the molecule is COc1ccc(S(=O)(=O)N(C)CCN)c([N+](=O)[O-])c1. The van der Waals surface area contributed by atoms with Crippen molar-refractivity contribution in [2.75, 3.05) is 27.2 Å². The van der Waals surface area contributed by atoms with Gasteiger partial charge in [-0.25, -0.2) is 8.42 Å². The molecule has 0 aliphatic rings. The van der Waals surface area contributed by atoms with E-state index in [0.717, 1.165) is 16.4 Å². The van der Waals surface area contributed by atoms with Crippen molar-refractivity contribution in [2.24, 2.45) is 5.73 Å². The molecule has 0 aromatic heterocycles. The Labute approximate surface area is 111 Å². The molecule has 1 rings (SSSR count). The fourth-order valence-corrected chi connectivity index (χ4v) is 2.77. The summed E-state index contributed by atoms with van der Waals surface area (Å²) in [6.45, 7) is 0.200. The van der Waals surface area contributed by atoms with Crippen LogP contribution in [0.2, 0.25) is 0 Å². The first kappa shape index (κ1) is 15.3. The van der Waals surface area contributed by atoms with Crippen molar-refractivity contribution in [3.63, 3.8) is 0 Å². The number of nitrogens with two attached hydrogens (primary N) is 1. The predicted octanol–water partition coefficient (Wildman–Crippen LogP) is 0.183. The minimum Gasteiger partial charge on any atom is -0.497 e. The van der Waals surface area contributed by atoms with Gasteiger partial charge >= 0.3 is 0 Å². The smallest absolute Gasteiger partial charge is 0.293 e. The number of nitrogens with zero attached hydrogens (tertiary/aromatic N) is 2. The Morgan fingerprint density at radius 3 is 2.58 bits per heavy atom. The summed E-state index contributed by atoms with van der Waals surface area (Å²) in [7, 11) is -1.29. The number of hydrogen-bond donors (Lipinski definition) is 1. The van der Waals surface area contributed by atoms with E-state index in [1.54, 1.807) is 0 Å². The van der Waals surface area contributed by atoms with E-state index in [2.05, 4.69) is 0 Å². The van der Waals surface area contributed by atoms with E-state index in [1.807, 2.05) is 0 Å². The lowest BCUT2D eigenvalue weighted by molar-refractivity contribution is -0.387. The first-order chi connectivity index (χ1) is 8.84. The highest BCUT2D eigenvalue weighted by Gasteiger charge is 2.29. The highest BCUT2D eigenvalue weighted by molar-refractivity contribution is 7.89. The van der Waals surface area contributed by atoms with Crippen molar-refractivity contribution >= 4 is 15.7 Å². The third kappa shape index (κ3) is 3.19. The normalized spacial score (nSPS) is 11.6. The van der Waals surface area contributed by atoms with Gasteiger partial charge in [0.25, 0.3) is 5.69 Å². The number of benzene rings is 1. The van der Waals surface area contributed by atoms with Gasteiger partial charge < -0.3 is 10.5 Å². The van der Waals surface area contributed by atoms with Crippen molar-refractivity contribution in [3.8, 4) is 5.75 Å². The molecule has 0 saturated heterocycles. The van der Waals surface area contributed by atoms with Crippen LogP contribution in [0.4, 0.5) is 5.69 Å². The Balaban J connectivity index is 3.38. The van der Waals surface area contributed by atoms with Crippen LogP contribution in [0.1, 0.15) is 0 Å². The maximum Gasteiger partial charge on any atom is 0.293 e. The van der Waals surface area contributed by atoms with Gasteiger partial charge in [-0.15, -0.1) is 0 Å². The Bertz CT molecular complexity index is 573. The van der Waals surface area contributed by atoms with E-state index >= 15 is 0 Å². The topological polar surface area (TPSA) is 116 Å². The summed E-state index contributed by atoms with van der Waals surface area (Å²) < 4.78 is 30.2. The summed E-state index contributed by atoms with van der Waals surface area (Å²) in [6, 6.07) is 3.58. The minimum absolute atomic E-state index is 0.0749. The van der Waals surface area contributed by atoms with Crippen LogP contribution in [0.25, 0.3) is 0 Å². The zero-order valence-corrected chi connectivity index (χ0v) is 11.4. The van der Waals surface area contributed by atoms with E-state index in [4.69, 9.17) is 10.5 Å². The largest absolute Gasteiger partial charge is 0.497 e. The van der Waals surface area contributed by atoms with Crippen molar-refractivity contribution in [1.29, 1.82) is 0 Å². The van der Waals surface area contributed by atoms with Crippen LogP contribution >= 0.6 is 0 Å². The first-order valence-corrected chi connectivity index (χ1v) is 6.77. The number of hydrogen-bond acceptors (Lipinski definition) is 6. The van der Waals surface area contributed by atoms with Gasteiger partial charge in [-0.1, -0.05) is 0 Å². The second kappa shape index (κ2) is 5.95. The van der Waals surface area contributed by atoms with Gasteiger partial charge in [0.1, 0.15) is 5.75 Å². The Kier molecular flexibility index (Phi) is 4.81. The number of likely N-dealkylation sites (N-methyl/N-ethyl adjacent to an activating group) is 1. The van der Waals surface area contributed by atoms with Crippen LogP contribution < -0.4 is 10.5 Å². The number of sulfonamides is 1. The van der Waals surface area contributed by atoms with Crippen molar-refractivity contribution in [3.05, 3.63) is 28.3 Å². The van der Waals surface area contributed by atoms with Gasteiger partial charge in [0.05, 0.1) is 18.1 Å². The van der Waals surface area contributed by atoms with Gasteiger partial charge in [0, 0.05) is 20.1 Å². The quantitative estimate of drug-likeness (QED) is 0.590. The molecule has 0 heterocycles. The van der Waals surface area contributed by atoms with Gasteiger partial charge in [-0.05, 0) is 12.1 Å². The van der Waals surface area contributed by atoms with Gasteiger partial charge in [-0.2, -0.15) is 4.31 Å². The molecule has 1 aromatic rings. The maximum atomic E-state index is 12.2. The Morgan fingerprint density at radius 2 is 2.11 bits per heavy atom. The molecule has 1 aromatic carbocycles. The van der Waals surface area contributed by atoms with Crippen LogP contribution in [0, 0.1) is 10.1 Å². The number of rotatable bonds is 6. The molecule has 8 nitrogen and oxygen atoms in total. The van der Waals surface area contributed by atoms with Crippen LogP contribution in [-0.4, -0.2) is 44.9 Å². The molecule has 9 heteroatoms. The predicted molar refractivity (Wildman–Crippen MR) is 68.5 cm³/mol. The summed E-state index contributed by atoms with van der Waals surface area (Å²) in [5.41, 5.74) is 4.76. The molecule has 0 amide bonds. The number of ether oxygens (including phenoxy) is 1. The third-order valence-corrected chi connectivity index (χ3v) is 4.40. The number of nitro benzene ring substituents is 1. The average Bonchev–Trinajstić information content (AvgIpc) is 2.38. The lowest BCUT2D eigenvalue weighted by atomic mass is 10.3. The molecule has 0 aliphatic carbocycles. The lowest BCUT2D eigenvalue weighted by Crippen LogP contribution is -2.32. The fraction of sp³-hybridized carbons (Fsp3) is 0.400. The summed E-state index contributed by atoms with van der Waals surface area (Å²) in [6.07, 6.45) is 0.